The minimum Gasteiger partial charge on any atom is -0.490 e. The molecule has 1 aliphatic carbocycles. The van der Waals surface area contributed by atoms with E-state index in [2.05, 4.69) is 28.9 Å². The third kappa shape index (κ3) is 3.66. The van der Waals surface area contributed by atoms with Gasteiger partial charge in [0.2, 0.25) is 0 Å². The van der Waals surface area contributed by atoms with Crippen molar-refractivity contribution in [3.8, 4) is 11.5 Å². The molecule has 2 heterocycles. The van der Waals surface area contributed by atoms with E-state index in [1.807, 2.05) is 23.8 Å². The normalized spacial score (nSPS) is 25.0. The number of nitrogens with zero attached hydrogens (tertiary/aromatic N) is 3. The molecule has 25 heavy (non-hydrogen) atoms. The minimum atomic E-state index is 0.596. The second kappa shape index (κ2) is 6.71. The highest BCUT2D eigenvalue weighted by atomic mass is 16.5. The summed E-state index contributed by atoms with van der Waals surface area (Å²) in [6, 6.07) is 6.36. The van der Waals surface area contributed by atoms with Crippen molar-refractivity contribution in [2.24, 2.45) is 11.3 Å². The van der Waals surface area contributed by atoms with Gasteiger partial charge in [0, 0.05) is 32.0 Å². The summed E-state index contributed by atoms with van der Waals surface area (Å²) < 4.78 is 13.8. The molecule has 0 N–H and O–H groups in total. The molecule has 2 unspecified atom stereocenters. The molecular formula is C20H27N3O2. The molecule has 1 saturated heterocycles. The van der Waals surface area contributed by atoms with Gasteiger partial charge in [0.05, 0.1) is 19.5 Å². The number of ether oxygens (including phenoxy) is 2. The second-order valence-corrected chi connectivity index (χ2v) is 7.59. The van der Waals surface area contributed by atoms with E-state index >= 15 is 0 Å². The average molecular weight is 341 g/mol. The van der Waals surface area contributed by atoms with E-state index in [-0.39, 0.29) is 0 Å². The lowest BCUT2D eigenvalue weighted by Gasteiger charge is -2.20. The fraction of sp³-hybridized carbons (Fsp3) is 0.550. The van der Waals surface area contributed by atoms with Gasteiger partial charge in [-0.05, 0) is 42.4 Å². The van der Waals surface area contributed by atoms with Gasteiger partial charge in [0.25, 0.3) is 0 Å². The summed E-state index contributed by atoms with van der Waals surface area (Å²) in [6.07, 6.45) is 6.94. The van der Waals surface area contributed by atoms with E-state index in [1.54, 1.807) is 12.5 Å². The average Bonchev–Trinajstić information content (AvgIpc) is 2.94. The predicted molar refractivity (Wildman–Crippen MR) is 96.8 cm³/mol. The highest BCUT2D eigenvalue weighted by Crippen LogP contribution is 2.57. The number of hydrogen-bond donors (Lipinski definition) is 0. The Balaban J connectivity index is 1.37. The van der Waals surface area contributed by atoms with Crippen LogP contribution in [0.5, 0.6) is 11.5 Å². The maximum absolute atomic E-state index is 5.94. The molecule has 5 heteroatoms. The lowest BCUT2D eigenvalue weighted by atomic mass is 10.1. The zero-order valence-corrected chi connectivity index (χ0v) is 15.1. The molecule has 1 aromatic carbocycles. The standard InChI is InChI=1S/C20H27N3O2/c1-3-24-19-10-16(12-23-13-17-11-20(17,2)14-23)4-5-18(19)25-9-8-22-7-6-21-15-22/h4-7,10,15,17H,3,8-9,11-14H2,1-2H3. The van der Waals surface area contributed by atoms with Gasteiger partial charge in [-0.2, -0.15) is 0 Å². The molecule has 0 radical (unpaired) electrons. The van der Waals surface area contributed by atoms with E-state index in [1.165, 1.54) is 25.1 Å². The van der Waals surface area contributed by atoms with Crippen LogP contribution in [0.15, 0.2) is 36.9 Å². The number of rotatable bonds is 8. The van der Waals surface area contributed by atoms with Gasteiger partial charge >= 0.3 is 0 Å². The van der Waals surface area contributed by atoms with Crippen LogP contribution in [-0.4, -0.2) is 40.8 Å². The molecule has 5 nitrogen and oxygen atoms in total. The number of aromatic nitrogens is 2. The molecule has 134 valence electrons. The van der Waals surface area contributed by atoms with Crippen LogP contribution in [0.2, 0.25) is 0 Å². The SMILES string of the molecule is CCOc1cc(CN2CC3CC3(C)C2)ccc1OCCn1ccnc1. The zero-order chi connectivity index (χ0) is 17.3. The summed E-state index contributed by atoms with van der Waals surface area (Å²) in [4.78, 5) is 6.61. The first-order valence-corrected chi connectivity index (χ1v) is 9.23. The summed E-state index contributed by atoms with van der Waals surface area (Å²) in [5, 5.41) is 0. The maximum atomic E-state index is 5.94. The van der Waals surface area contributed by atoms with Crippen LogP contribution >= 0.6 is 0 Å². The van der Waals surface area contributed by atoms with Crippen LogP contribution in [0.4, 0.5) is 0 Å². The van der Waals surface area contributed by atoms with Gasteiger partial charge in [0.1, 0.15) is 6.61 Å². The monoisotopic (exact) mass is 341 g/mol. The topological polar surface area (TPSA) is 39.5 Å². The van der Waals surface area contributed by atoms with Crippen molar-refractivity contribution in [1.29, 1.82) is 0 Å². The van der Waals surface area contributed by atoms with Crippen LogP contribution in [0.25, 0.3) is 0 Å². The quantitative estimate of drug-likeness (QED) is 0.739. The number of benzene rings is 1. The van der Waals surface area contributed by atoms with Crippen LogP contribution in [0.3, 0.4) is 0 Å². The fourth-order valence-corrected chi connectivity index (χ4v) is 3.97. The van der Waals surface area contributed by atoms with Crippen molar-refractivity contribution in [3.05, 3.63) is 42.5 Å². The summed E-state index contributed by atoms with van der Waals surface area (Å²) in [7, 11) is 0. The molecule has 1 aromatic heterocycles. The molecule has 1 saturated carbocycles. The van der Waals surface area contributed by atoms with Gasteiger partial charge in [-0.25, -0.2) is 4.98 Å². The summed E-state index contributed by atoms with van der Waals surface area (Å²) >= 11 is 0. The molecule has 2 atom stereocenters. The Kier molecular flexibility index (Phi) is 4.42. The molecule has 0 bridgehead atoms. The van der Waals surface area contributed by atoms with Gasteiger partial charge in [0.15, 0.2) is 11.5 Å². The van der Waals surface area contributed by atoms with Crippen molar-refractivity contribution < 1.29 is 9.47 Å². The number of hydrogen-bond acceptors (Lipinski definition) is 4. The van der Waals surface area contributed by atoms with Crippen LogP contribution in [-0.2, 0) is 13.1 Å². The van der Waals surface area contributed by atoms with Gasteiger partial charge in [-0.15, -0.1) is 0 Å². The Morgan fingerprint density at radius 3 is 2.92 bits per heavy atom. The van der Waals surface area contributed by atoms with E-state index in [0.717, 1.165) is 30.5 Å². The van der Waals surface area contributed by atoms with Crippen molar-refractivity contribution in [3.63, 3.8) is 0 Å². The van der Waals surface area contributed by atoms with Crippen LogP contribution in [0, 0.1) is 11.3 Å². The molecule has 0 spiro atoms. The van der Waals surface area contributed by atoms with E-state index < -0.39 is 0 Å². The first kappa shape index (κ1) is 16.5. The zero-order valence-electron chi connectivity index (χ0n) is 15.1. The Morgan fingerprint density at radius 1 is 1.28 bits per heavy atom. The van der Waals surface area contributed by atoms with E-state index in [0.29, 0.717) is 18.6 Å². The number of fused-ring (bicyclic) bond motifs is 1. The van der Waals surface area contributed by atoms with Crippen LogP contribution < -0.4 is 9.47 Å². The lowest BCUT2D eigenvalue weighted by molar-refractivity contribution is 0.262. The molecule has 1 aliphatic heterocycles. The van der Waals surface area contributed by atoms with Gasteiger partial charge in [-0.3, -0.25) is 4.90 Å². The van der Waals surface area contributed by atoms with Crippen molar-refractivity contribution >= 4 is 0 Å². The highest BCUT2D eigenvalue weighted by Gasteiger charge is 2.55. The van der Waals surface area contributed by atoms with Crippen molar-refractivity contribution in [1.82, 2.24) is 14.5 Å². The fourth-order valence-electron chi connectivity index (χ4n) is 3.97. The minimum absolute atomic E-state index is 0.596. The predicted octanol–water partition coefficient (Wildman–Crippen LogP) is 3.20. The number of likely N-dealkylation sites (tertiary alicyclic amines) is 1. The van der Waals surface area contributed by atoms with Crippen LogP contribution in [0.1, 0.15) is 25.8 Å². The summed E-state index contributed by atoms with van der Waals surface area (Å²) in [6.45, 7) is 9.92. The Hall–Kier alpha value is -2.01. The summed E-state index contributed by atoms with van der Waals surface area (Å²) in [5.74, 6) is 2.59. The smallest absolute Gasteiger partial charge is 0.161 e. The van der Waals surface area contributed by atoms with E-state index in [9.17, 15) is 0 Å². The van der Waals surface area contributed by atoms with Crippen molar-refractivity contribution in [2.45, 2.75) is 33.4 Å². The lowest BCUT2D eigenvalue weighted by Crippen LogP contribution is -2.23. The largest absolute Gasteiger partial charge is 0.490 e. The first-order valence-electron chi connectivity index (χ1n) is 9.23. The van der Waals surface area contributed by atoms with E-state index in [4.69, 9.17) is 9.47 Å². The molecule has 2 aromatic rings. The second-order valence-electron chi connectivity index (χ2n) is 7.59. The number of piperidine rings is 1. The maximum Gasteiger partial charge on any atom is 0.161 e. The highest BCUT2D eigenvalue weighted by molar-refractivity contribution is 5.43. The Bertz CT molecular complexity index is 716. The third-order valence-corrected chi connectivity index (χ3v) is 5.48. The van der Waals surface area contributed by atoms with Gasteiger partial charge in [-0.1, -0.05) is 13.0 Å². The van der Waals surface area contributed by atoms with Gasteiger partial charge < -0.3 is 14.0 Å². The van der Waals surface area contributed by atoms with Crippen molar-refractivity contribution in [2.75, 3.05) is 26.3 Å². The molecule has 2 fully saturated rings. The summed E-state index contributed by atoms with van der Waals surface area (Å²) in [5.41, 5.74) is 1.90. The molecular weight excluding hydrogens is 314 g/mol. The molecule has 2 aliphatic rings. The molecule has 4 rings (SSSR count). The Morgan fingerprint density at radius 2 is 2.20 bits per heavy atom. The number of imidazole rings is 1. The molecule has 0 amide bonds. The third-order valence-electron chi connectivity index (χ3n) is 5.48. The first-order chi connectivity index (χ1) is 12.2. The Labute approximate surface area is 149 Å².